The Kier molecular flexibility index (Phi) is 3.59. The Hall–Kier alpha value is -0.710. The van der Waals surface area contributed by atoms with Crippen molar-refractivity contribution >= 4 is 12.6 Å². The van der Waals surface area contributed by atoms with E-state index in [-0.39, 0.29) is 18.4 Å². The zero-order valence-corrected chi connectivity index (χ0v) is 8.04. The van der Waals surface area contributed by atoms with Gasteiger partial charge in [-0.25, -0.2) is 0 Å². The molecule has 0 aromatic heterocycles. The van der Waals surface area contributed by atoms with E-state index in [1.165, 1.54) is 0 Å². The first kappa shape index (κ1) is 10.4. The maximum atomic E-state index is 9.56. The molecule has 0 unspecified atom stereocenters. The molecule has 4 heteroatoms. The molecule has 0 radical (unpaired) electrons. The highest BCUT2D eigenvalue weighted by molar-refractivity contribution is 7.80. The highest BCUT2D eigenvalue weighted by atomic mass is 32.1. The minimum Gasteiger partial charge on any atom is -0.506 e. The highest BCUT2D eigenvalue weighted by Crippen LogP contribution is 2.30. The number of nitrogens with two attached hydrogens (primary N) is 1. The SMILES string of the molecule is N[C@@H](CCO)c1cccc(S)c1O. The molecule has 0 aliphatic carbocycles. The normalized spacial score (nSPS) is 12.8. The van der Waals surface area contributed by atoms with Crippen molar-refractivity contribution in [2.45, 2.75) is 17.4 Å². The molecule has 72 valence electrons. The first-order valence-corrected chi connectivity index (χ1v) is 4.48. The lowest BCUT2D eigenvalue weighted by Gasteiger charge is -2.12. The van der Waals surface area contributed by atoms with Gasteiger partial charge in [0, 0.05) is 23.1 Å². The summed E-state index contributed by atoms with van der Waals surface area (Å²) in [5, 5.41) is 18.2. The lowest BCUT2D eigenvalue weighted by atomic mass is 10.0. The molecule has 4 N–H and O–H groups in total. The lowest BCUT2D eigenvalue weighted by molar-refractivity contribution is 0.275. The molecule has 1 aromatic carbocycles. The van der Waals surface area contributed by atoms with Crippen LogP contribution in [-0.2, 0) is 0 Å². The second kappa shape index (κ2) is 4.50. The molecule has 1 atom stereocenters. The molecule has 3 nitrogen and oxygen atoms in total. The van der Waals surface area contributed by atoms with Gasteiger partial charge in [-0.2, -0.15) is 0 Å². The maximum absolute atomic E-state index is 9.56. The summed E-state index contributed by atoms with van der Waals surface area (Å²) in [6, 6.07) is 4.86. The molecule has 0 aliphatic rings. The number of hydrogen-bond donors (Lipinski definition) is 4. The number of phenols is 1. The number of para-hydroxylation sites is 1. The van der Waals surface area contributed by atoms with Gasteiger partial charge in [-0.3, -0.25) is 0 Å². The molecular weight excluding hydrogens is 186 g/mol. The van der Waals surface area contributed by atoms with Gasteiger partial charge >= 0.3 is 0 Å². The second-order valence-corrected chi connectivity index (χ2v) is 3.32. The summed E-state index contributed by atoms with van der Waals surface area (Å²) in [6.07, 6.45) is 0.435. The standard InChI is InChI=1S/C9H13NO2S/c10-7(4-5-11)6-2-1-3-8(13)9(6)12/h1-3,7,11-13H,4-5,10H2/t7-/m0/s1. The first-order valence-electron chi connectivity index (χ1n) is 4.04. The van der Waals surface area contributed by atoms with Crippen LogP contribution < -0.4 is 5.73 Å². The number of hydrogen-bond acceptors (Lipinski definition) is 4. The third-order valence-corrected chi connectivity index (χ3v) is 2.25. The molecule has 0 spiro atoms. The minimum atomic E-state index is -0.336. The van der Waals surface area contributed by atoms with Gasteiger partial charge in [0.05, 0.1) is 0 Å². The Labute approximate surface area is 82.6 Å². The number of aliphatic hydroxyl groups excluding tert-OH is 1. The summed E-state index contributed by atoms with van der Waals surface area (Å²) >= 11 is 4.06. The van der Waals surface area contributed by atoms with E-state index in [1.54, 1.807) is 18.2 Å². The van der Waals surface area contributed by atoms with Crippen LogP contribution in [0.1, 0.15) is 18.0 Å². The summed E-state index contributed by atoms with van der Waals surface area (Å²) in [5.74, 6) is 0.104. The van der Waals surface area contributed by atoms with Gasteiger partial charge in [0.2, 0.25) is 0 Å². The molecule has 0 aliphatic heterocycles. The third kappa shape index (κ3) is 2.37. The van der Waals surface area contributed by atoms with Crippen LogP contribution >= 0.6 is 12.6 Å². The molecule has 0 bridgehead atoms. The summed E-state index contributed by atoms with van der Waals surface area (Å²) < 4.78 is 0. The Balaban J connectivity index is 2.93. The molecule has 1 aromatic rings. The van der Waals surface area contributed by atoms with Crippen LogP contribution in [0.25, 0.3) is 0 Å². The fourth-order valence-corrected chi connectivity index (χ4v) is 1.36. The van der Waals surface area contributed by atoms with Crippen molar-refractivity contribution in [3.8, 4) is 5.75 Å². The van der Waals surface area contributed by atoms with Gasteiger partial charge in [0.1, 0.15) is 5.75 Å². The van der Waals surface area contributed by atoms with Gasteiger partial charge < -0.3 is 15.9 Å². The van der Waals surface area contributed by atoms with Crippen LogP contribution in [-0.4, -0.2) is 16.8 Å². The van der Waals surface area contributed by atoms with Gasteiger partial charge in [-0.1, -0.05) is 12.1 Å². The Bertz CT molecular complexity index is 291. The number of phenolic OH excluding ortho intramolecular Hbond substituents is 1. The average molecular weight is 199 g/mol. The van der Waals surface area contributed by atoms with Gasteiger partial charge in [0.15, 0.2) is 0 Å². The second-order valence-electron chi connectivity index (χ2n) is 2.83. The van der Waals surface area contributed by atoms with E-state index in [9.17, 15) is 5.11 Å². The smallest absolute Gasteiger partial charge is 0.133 e. The topological polar surface area (TPSA) is 66.5 Å². The summed E-state index contributed by atoms with van der Waals surface area (Å²) in [7, 11) is 0. The van der Waals surface area contributed by atoms with Crippen LogP contribution in [0.4, 0.5) is 0 Å². The summed E-state index contributed by atoms with van der Waals surface area (Å²) in [5.41, 5.74) is 6.35. The maximum Gasteiger partial charge on any atom is 0.133 e. The molecule has 0 heterocycles. The van der Waals surface area contributed by atoms with E-state index in [1.807, 2.05) is 0 Å². The fraction of sp³-hybridized carbons (Fsp3) is 0.333. The lowest BCUT2D eigenvalue weighted by Crippen LogP contribution is -2.12. The number of aromatic hydroxyl groups is 1. The largest absolute Gasteiger partial charge is 0.506 e. The number of benzene rings is 1. The Morgan fingerprint density at radius 1 is 1.46 bits per heavy atom. The van der Waals surface area contributed by atoms with Crippen LogP contribution in [0.3, 0.4) is 0 Å². The predicted octanol–water partition coefficient (Wildman–Crippen LogP) is 1.06. The molecule has 1 rings (SSSR count). The van der Waals surface area contributed by atoms with Crippen molar-refractivity contribution in [1.82, 2.24) is 0 Å². The minimum absolute atomic E-state index is 0.0113. The van der Waals surface area contributed by atoms with Crippen LogP contribution in [0.5, 0.6) is 5.75 Å². The number of aliphatic hydroxyl groups is 1. The molecular formula is C9H13NO2S. The van der Waals surface area contributed by atoms with Crippen LogP contribution in [0.2, 0.25) is 0 Å². The van der Waals surface area contributed by atoms with E-state index in [4.69, 9.17) is 10.8 Å². The van der Waals surface area contributed by atoms with E-state index in [0.29, 0.717) is 16.9 Å². The third-order valence-electron chi connectivity index (χ3n) is 1.89. The first-order chi connectivity index (χ1) is 6.16. The van der Waals surface area contributed by atoms with E-state index >= 15 is 0 Å². The van der Waals surface area contributed by atoms with Crippen molar-refractivity contribution in [2.75, 3.05) is 6.61 Å². The summed E-state index contributed by atoms with van der Waals surface area (Å²) in [6.45, 7) is 0.0113. The van der Waals surface area contributed by atoms with Crippen molar-refractivity contribution < 1.29 is 10.2 Å². The predicted molar refractivity (Wildman–Crippen MR) is 54.0 cm³/mol. The molecule has 0 saturated carbocycles. The van der Waals surface area contributed by atoms with Crippen LogP contribution in [0.15, 0.2) is 23.1 Å². The van der Waals surface area contributed by atoms with Gasteiger partial charge in [-0.05, 0) is 12.5 Å². The molecule has 0 amide bonds. The monoisotopic (exact) mass is 199 g/mol. The average Bonchev–Trinajstić information content (AvgIpc) is 2.10. The highest BCUT2D eigenvalue weighted by Gasteiger charge is 2.11. The molecule has 0 saturated heterocycles. The fourth-order valence-electron chi connectivity index (χ4n) is 1.14. The van der Waals surface area contributed by atoms with Gasteiger partial charge in [-0.15, -0.1) is 12.6 Å². The number of rotatable bonds is 3. The van der Waals surface area contributed by atoms with Crippen LogP contribution in [0, 0.1) is 0 Å². The zero-order chi connectivity index (χ0) is 9.84. The number of thiol groups is 1. The van der Waals surface area contributed by atoms with Crippen molar-refractivity contribution in [1.29, 1.82) is 0 Å². The van der Waals surface area contributed by atoms with E-state index in [2.05, 4.69) is 12.6 Å². The molecule has 0 fully saturated rings. The zero-order valence-electron chi connectivity index (χ0n) is 7.14. The van der Waals surface area contributed by atoms with Crippen molar-refractivity contribution in [3.63, 3.8) is 0 Å². The van der Waals surface area contributed by atoms with E-state index in [0.717, 1.165) is 0 Å². The van der Waals surface area contributed by atoms with Crippen molar-refractivity contribution in [2.24, 2.45) is 5.73 Å². The molecule has 13 heavy (non-hydrogen) atoms. The van der Waals surface area contributed by atoms with Crippen molar-refractivity contribution in [3.05, 3.63) is 23.8 Å². The Morgan fingerprint density at radius 3 is 2.77 bits per heavy atom. The Morgan fingerprint density at radius 2 is 2.15 bits per heavy atom. The van der Waals surface area contributed by atoms with E-state index < -0.39 is 0 Å². The van der Waals surface area contributed by atoms with Gasteiger partial charge in [0.25, 0.3) is 0 Å². The quantitative estimate of drug-likeness (QED) is 0.550. The summed E-state index contributed by atoms with van der Waals surface area (Å²) in [4.78, 5) is 0.505.